The molecular weight excluding hydrogens is 345 g/mol. The molecule has 3 rings (SSSR count). The first kappa shape index (κ1) is 18.9. The van der Waals surface area contributed by atoms with Crippen LogP contribution in [0.1, 0.15) is 30.9 Å². The molecule has 1 N–H and O–H groups in total. The van der Waals surface area contributed by atoms with Crippen LogP contribution in [0, 0.1) is 5.92 Å². The number of alkyl halides is 3. The van der Waals surface area contributed by atoms with Crippen molar-refractivity contribution in [3.05, 3.63) is 29.8 Å². The first-order chi connectivity index (χ1) is 10.5. The van der Waals surface area contributed by atoms with Crippen LogP contribution in [0.2, 0.25) is 0 Å². The Labute approximate surface area is 145 Å². The Morgan fingerprint density at radius 1 is 1.13 bits per heavy atom. The summed E-state index contributed by atoms with van der Waals surface area (Å²) in [7, 11) is 0. The molecule has 0 unspecified atom stereocenters. The van der Waals surface area contributed by atoms with Gasteiger partial charge in [0.2, 0.25) is 0 Å². The Morgan fingerprint density at radius 3 is 2.26 bits per heavy atom. The molecule has 2 fully saturated rings. The van der Waals surface area contributed by atoms with E-state index in [0.717, 1.165) is 44.1 Å². The Kier molecular flexibility index (Phi) is 6.66. The Hall–Kier alpha value is -0.430. The highest BCUT2D eigenvalue weighted by atomic mass is 35.5. The lowest BCUT2D eigenvalue weighted by molar-refractivity contribution is -0.0328. The first-order valence-electron chi connectivity index (χ1n) is 7.82. The summed E-state index contributed by atoms with van der Waals surface area (Å²) in [6.07, 6.45) is 3.72. The van der Waals surface area contributed by atoms with E-state index in [-0.39, 0.29) is 29.1 Å². The molecule has 0 radical (unpaired) electrons. The quantitative estimate of drug-likeness (QED) is 0.774. The maximum atomic E-state index is 12.4. The molecule has 1 saturated carbocycles. The average Bonchev–Trinajstić information content (AvgIpc) is 3.29. The highest BCUT2D eigenvalue weighted by molar-refractivity contribution is 8.00. The van der Waals surface area contributed by atoms with Crippen molar-refractivity contribution in [2.75, 3.05) is 26.2 Å². The van der Waals surface area contributed by atoms with E-state index in [2.05, 4.69) is 10.2 Å². The van der Waals surface area contributed by atoms with Crippen molar-refractivity contribution in [1.29, 1.82) is 0 Å². The van der Waals surface area contributed by atoms with Crippen LogP contribution >= 0.6 is 24.2 Å². The van der Waals surface area contributed by atoms with Gasteiger partial charge in [-0.3, -0.25) is 4.90 Å². The summed E-state index contributed by atoms with van der Waals surface area (Å²) in [5, 5.41) is 3.35. The second-order valence-corrected chi connectivity index (χ2v) is 7.24. The van der Waals surface area contributed by atoms with E-state index < -0.39 is 5.51 Å². The Morgan fingerprint density at radius 2 is 1.74 bits per heavy atom. The van der Waals surface area contributed by atoms with E-state index in [0.29, 0.717) is 6.04 Å². The molecule has 1 aliphatic heterocycles. The van der Waals surface area contributed by atoms with Crippen molar-refractivity contribution in [3.8, 4) is 0 Å². The molecule has 2 aliphatic rings. The second-order valence-electron chi connectivity index (χ2n) is 6.10. The van der Waals surface area contributed by atoms with Crippen LogP contribution in [0.4, 0.5) is 13.2 Å². The summed E-state index contributed by atoms with van der Waals surface area (Å²) >= 11 is -0.0406. The number of hydrogen-bond donors (Lipinski definition) is 1. The standard InChI is InChI=1S/C16H21F3N2S.ClH/c17-16(18,19)22-14-5-3-13(4-6-14)15(11-12-1-2-12)21-9-7-20-8-10-21;/h3-6,12,15,20H,1-2,7-11H2;1H/t15-;/m1./s1. The maximum absolute atomic E-state index is 12.4. The van der Waals surface area contributed by atoms with Crippen LogP contribution in [-0.4, -0.2) is 36.6 Å². The summed E-state index contributed by atoms with van der Waals surface area (Å²) in [6.45, 7) is 4.00. The molecule has 0 amide bonds. The third kappa shape index (κ3) is 5.85. The number of nitrogens with one attached hydrogen (secondary N) is 1. The summed E-state index contributed by atoms with van der Waals surface area (Å²) in [5.74, 6) is 0.795. The molecule has 1 aromatic carbocycles. The SMILES string of the molecule is Cl.FC(F)(F)Sc1ccc([C@@H](CC2CC2)N2CCNCC2)cc1. The lowest BCUT2D eigenvalue weighted by Crippen LogP contribution is -2.45. The van der Waals surface area contributed by atoms with E-state index in [1.54, 1.807) is 12.1 Å². The van der Waals surface area contributed by atoms with Gasteiger partial charge in [-0.2, -0.15) is 13.2 Å². The van der Waals surface area contributed by atoms with Crippen LogP contribution < -0.4 is 5.32 Å². The topological polar surface area (TPSA) is 15.3 Å². The number of thioether (sulfide) groups is 1. The smallest absolute Gasteiger partial charge is 0.314 e. The van der Waals surface area contributed by atoms with Crippen molar-refractivity contribution in [2.45, 2.75) is 35.7 Å². The molecule has 1 atom stereocenters. The molecule has 130 valence electrons. The van der Waals surface area contributed by atoms with E-state index >= 15 is 0 Å². The van der Waals surface area contributed by atoms with Gasteiger partial charge >= 0.3 is 5.51 Å². The van der Waals surface area contributed by atoms with E-state index in [1.807, 2.05) is 12.1 Å². The van der Waals surface area contributed by atoms with Gasteiger partial charge in [-0.25, -0.2) is 0 Å². The normalized spacial score (nSPS) is 20.8. The minimum Gasteiger partial charge on any atom is -0.314 e. The number of rotatable bonds is 5. The minimum absolute atomic E-state index is 0. The van der Waals surface area contributed by atoms with Gasteiger partial charge in [0, 0.05) is 37.1 Å². The molecule has 7 heteroatoms. The lowest BCUT2D eigenvalue weighted by atomic mass is 9.99. The monoisotopic (exact) mass is 366 g/mol. The summed E-state index contributed by atoms with van der Waals surface area (Å²) < 4.78 is 37.3. The van der Waals surface area contributed by atoms with Crippen molar-refractivity contribution < 1.29 is 13.2 Å². The fourth-order valence-electron chi connectivity index (χ4n) is 3.05. The van der Waals surface area contributed by atoms with E-state index in [4.69, 9.17) is 0 Å². The number of hydrogen-bond acceptors (Lipinski definition) is 3. The van der Waals surface area contributed by atoms with Gasteiger partial charge in [0.15, 0.2) is 0 Å². The Bertz CT molecular complexity index is 485. The molecular formula is C16H22ClF3N2S. The van der Waals surface area contributed by atoms with Crippen LogP contribution in [0.25, 0.3) is 0 Å². The van der Waals surface area contributed by atoms with Crippen LogP contribution in [-0.2, 0) is 0 Å². The molecule has 23 heavy (non-hydrogen) atoms. The average molecular weight is 367 g/mol. The molecule has 0 spiro atoms. The molecule has 1 heterocycles. The van der Waals surface area contributed by atoms with Gasteiger partial charge in [-0.15, -0.1) is 12.4 Å². The van der Waals surface area contributed by atoms with Crippen LogP contribution in [0.3, 0.4) is 0 Å². The molecule has 1 aromatic rings. The van der Waals surface area contributed by atoms with Crippen LogP contribution in [0.15, 0.2) is 29.2 Å². The van der Waals surface area contributed by atoms with Crippen molar-refractivity contribution >= 4 is 24.2 Å². The molecule has 2 nitrogen and oxygen atoms in total. The molecule has 0 bridgehead atoms. The zero-order valence-corrected chi connectivity index (χ0v) is 14.4. The third-order valence-electron chi connectivity index (χ3n) is 4.34. The summed E-state index contributed by atoms with van der Waals surface area (Å²) in [4.78, 5) is 2.74. The van der Waals surface area contributed by atoms with E-state index in [9.17, 15) is 13.2 Å². The fourth-order valence-corrected chi connectivity index (χ4v) is 3.59. The maximum Gasteiger partial charge on any atom is 0.446 e. The van der Waals surface area contributed by atoms with Gasteiger partial charge in [0.05, 0.1) is 0 Å². The first-order valence-corrected chi connectivity index (χ1v) is 8.63. The molecule has 1 aliphatic carbocycles. The number of halogens is 4. The van der Waals surface area contributed by atoms with Crippen molar-refractivity contribution in [3.63, 3.8) is 0 Å². The Balaban J connectivity index is 0.00000192. The highest BCUT2D eigenvalue weighted by Gasteiger charge is 2.31. The van der Waals surface area contributed by atoms with Gasteiger partial charge in [0.1, 0.15) is 0 Å². The minimum atomic E-state index is -4.21. The predicted molar refractivity (Wildman–Crippen MR) is 90.1 cm³/mol. The highest BCUT2D eigenvalue weighted by Crippen LogP contribution is 2.41. The summed E-state index contributed by atoms with van der Waals surface area (Å²) in [6, 6.07) is 7.32. The second kappa shape index (κ2) is 8.10. The zero-order chi connectivity index (χ0) is 15.6. The van der Waals surface area contributed by atoms with Gasteiger partial charge in [0.25, 0.3) is 0 Å². The lowest BCUT2D eigenvalue weighted by Gasteiger charge is -2.35. The summed E-state index contributed by atoms with van der Waals surface area (Å²) in [5.41, 5.74) is -3.06. The predicted octanol–water partition coefficient (Wildman–Crippen LogP) is 4.47. The molecule has 1 saturated heterocycles. The van der Waals surface area contributed by atoms with Crippen LogP contribution in [0.5, 0.6) is 0 Å². The fraction of sp³-hybridized carbons (Fsp3) is 0.625. The van der Waals surface area contributed by atoms with Gasteiger partial charge in [-0.1, -0.05) is 25.0 Å². The number of piperazine rings is 1. The molecule has 0 aromatic heterocycles. The largest absolute Gasteiger partial charge is 0.446 e. The van der Waals surface area contributed by atoms with Crippen molar-refractivity contribution in [1.82, 2.24) is 10.2 Å². The number of benzene rings is 1. The number of nitrogens with zero attached hydrogens (tertiary/aromatic N) is 1. The zero-order valence-electron chi connectivity index (χ0n) is 12.8. The van der Waals surface area contributed by atoms with E-state index in [1.165, 1.54) is 12.8 Å². The third-order valence-corrected chi connectivity index (χ3v) is 5.08. The van der Waals surface area contributed by atoms with Gasteiger partial charge < -0.3 is 5.32 Å². The van der Waals surface area contributed by atoms with Gasteiger partial charge in [-0.05, 0) is 41.8 Å². The van der Waals surface area contributed by atoms with Crippen molar-refractivity contribution in [2.24, 2.45) is 5.92 Å².